The molecule has 1 heterocycles. The molecule has 0 spiro atoms. The molecular formula is C25H18BrClN2O4. The number of esters is 1. The lowest BCUT2D eigenvalue weighted by Gasteiger charge is -2.17. The fourth-order valence-electron chi connectivity index (χ4n) is 3.38. The fourth-order valence-corrected chi connectivity index (χ4v) is 3.93. The molecule has 6 nitrogen and oxygen atoms in total. The topological polar surface area (TPSA) is 81.4 Å². The highest BCUT2D eigenvalue weighted by Gasteiger charge is 2.26. The molecule has 1 amide bonds. The minimum absolute atomic E-state index is 0.304. The quantitative estimate of drug-likeness (QED) is 0.239. The van der Waals surface area contributed by atoms with E-state index in [1.165, 1.54) is 19.6 Å². The van der Waals surface area contributed by atoms with Crippen LogP contribution in [0.2, 0.25) is 5.02 Å². The number of aromatic nitrogens is 1. The SMILES string of the molecule is COC(=O)C(c1ccc2ncoc2c1)c1ccc(NC(=O)C=Cc2ccc(Br)cc2)cc1Cl. The molecule has 0 saturated carbocycles. The van der Waals surface area contributed by atoms with Crippen LogP contribution < -0.4 is 5.32 Å². The van der Waals surface area contributed by atoms with Gasteiger partial charge in [0, 0.05) is 21.3 Å². The minimum atomic E-state index is -0.765. The van der Waals surface area contributed by atoms with Crippen LogP contribution in [0.15, 0.2) is 82.0 Å². The van der Waals surface area contributed by atoms with Crippen molar-refractivity contribution in [3.63, 3.8) is 0 Å². The van der Waals surface area contributed by atoms with Crippen LogP contribution in [0.1, 0.15) is 22.6 Å². The van der Waals surface area contributed by atoms with Gasteiger partial charge in [-0.1, -0.05) is 51.8 Å². The van der Waals surface area contributed by atoms with Crippen LogP contribution in [0.3, 0.4) is 0 Å². The third-order valence-corrected chi connectivity index (χ3v) is 5.86. The molecule has 0 saturated heterocycles. The van der Waals surface area contributed by atoms with Crippen molar-refractivity contribution in [2.45, 2.75) is 5.92 Å². The molecule has 166 valence electrons. The number of benzene rings is 3. The summed E-state index contributed by atoms with van der Waals surface area (Å²) in [6, 6.07) is 17.9. The Morgan fingerprint density at radius 1 is 1.12 bits per heavy atom. The maximum absolute atomic E-state index is 12.6. The lowest BCUT2D eigenvalue weighted by Crippen LogP contribution is -2.16. The number of ether oxygens (including phenoxy) is 1. The molecule has 0 aliphatic heterocycles. The van der Waals surface area contributed by atoms with Crippen molar-refractivity contribution in [1.82, 2.24) is 4.98 Å². The molecule has 1 atom stereocenters. The van der Waals surface area contributed by atoms with E-state index in [1.807, 2.05) is 24.3 Å². The Morgan fingerprint density at radius 2 is 1.91 bits per heavy atom. The molecule has 33 heavy (non-hydrogen) atoms. The van der Waals surface area contributed by atoms with Gasteiger partial charge in [0.05, 0.1) is 7.11 Å². The lowest BCUT2D eigenvalue weighted by atomic mass is 9.91. The number of rotatable bonds is 6. The van der Waals surface area contributed by atoms with Crippen LogP contribution in [0.5, 0.6) is 0 Å². The summed E-state index contributed by atoms with van der Waals surface area (Å²) in [6.45, 7) is 0. The Bertz CT molecular complexity index is 1350. The van der Waals surface area contributed by atoms with Crippen LogP contribution in [0.4, 0.5) is 5.69 Å². The van der Waals surface area contributed by atoms with Crippen molar-refractivity contribution in [2.24, 2.45) is 0 Å². The van der Waals surface area contributed by atoms with Gasteiger partial charge in [0.2, 0.25) is 5.91 Å². The minimum Gasteiger partial charge on any atom is -0.468 e. The maximum Gasteiger partial charge on any atom is 0.317 e. The van der Waals surface area contributed by atoms with Crippen LogP contribution in [-0.2, 0) is 14.3 Å². The molecule has 8 heteroatoms. The number of hydrogen-bond donors (Lipinski definition) is 1. The van der Waals surface area contributed by atoms with Crippen LogP contribution in [0.25, 0.3) is 17.2 Å². The average molecular weight is 526 g/mol. The molecule has 0 bridgehead atoms. The number of nitrogens with zero attached hydrogens (tertiary/aromatic N) is 1. The summed E-state index contributed by atoms with van der Waals surface area (Å²) in [5, 5.41) is 3.09. The van der Waals surface area contributed by atoms with Crippen LogP contribution in [-0.4, -0.2) is 24.0 Å². The molecule has 0 aliphatic carbocycles. The number of carbonyl (C=O) groups excluding carboxylic acids is 2. The maximum atomic E-state index is 12.6. The van der Waals surface area contributed by atoms with Gasteiger partial charge in [-0.05, 0) is 59.2 Å². The lowest BCUT2D eigenvalue weighted by molar-refractivity contribution is -0.141. The van der Waals surface area contributed by atoms with E-state index in [1.54, 1.807) is 42.5 Å². The van der Waals surface area contributed by atoms with Crippen LogP contribution >= 0.6 is 27.5 Å². The highest BCUT2D eigenvalue weighted by atomic mass is 79.9. The van der Waals surface area contributed by atoms with Crippen LogP contribution in [0, 0.1) is 0 Å². The van der Waals surface area contributed by atoms with E-state index >= 15 is 0 Å². The number of fused-ring (bicyclic) bond motifs is 1. The number of nitrogens with one attached hydrogen (secondary N) is 1. The number of carbonyl (C=O) groups is 2. The van der Waals surface area contributed by atoms with E-state index < -0.39 is 11.9 Å². The Hall–Kier alpha value is -3.42. The Balaban J connectivity index is 1.56. The molecule has 1 aromatic heterocycles. The van der Waals surface area contributed by atoms with Gasteiger partial charge in [0.25, 0.3) is 0 Å². The van der Waals surface area contributed by atoms with Crippen molar-refractivity contribution in [3.05, 3.63) is 99.3 Å². The van der Waals surface area contributed by atoms with E-state index in [-0.39, 0.29) is 5.91 Å². The molecular weight excluding hydrogens is 508 g/mol. The summed E-state index contributed by atoms with van der Waals surface area (Å²) < 4.78 is 11.3. The monoisotopic (exact) mass is 524 g/mol. The van der Waals surface area contributed by atoms with E-state index in [2.05, 4.69) is 26.2 Å². The smallest absolute Gasteiger partial charge is 0.317 e. The van der Waals surface area contributed by atoms with Gasteiger partial charge < -0.3 is 14.5 Å². The van der Waals surface area contributed by atoms with Gasteiger partial charge in [-0.15, -0.1) is 0 Å². The van der Waals surface area contributed by atoms with Crippen molar-refractivity contribution in [2.75, 3.05) is 12.4 Å². The first kappa shape index (κ1) is 22.8. The second-order valence-corrected chi connectivity index (χ2v) is 8.47. The normalized spacial score (nSPS) is 12.1. The summed E-state index contributed by atoms with van der Waals surface area (Å²) in [6.07, 6.45) is 4.50. The predicted molar refractivity (Wildman–Crippen MR) is 131 cm³/mol. The van der Waals surface area contributed by atoms with Crippen molar-refractivity contribution >= 4 is 62.3 Å². The number of oxazole rings is 1. The summed E-state index contributed by atoms with van der Waals surface area (Å²) >= 11 is 9.90. The van der Waals surface area contributed by atoms with Gasteiger partial charge in [-0.2, -0.15) is 0 Å². The molecule has 0 aliphatic rings. The average Bonchev–Trinajstić information content (AvgIpc) is 3.28. The van der Waals surface area contributed by atoms with E-state index in [9.17, 15) is 9.59 Å². The standard InChI is InChI=1S/C25H18BrClN2O4/c1-32-25(31)24(16-5-10-21-22(12-16)33-14-28-21)19-9-8-18(13-20(19)27)29-23(30)11-4-15-2-6-17(26)7-3-15/h2-14,24H,1H3,(H,29,30). The number of methoxy groups -OCH3 is 1. The third kappa shape index (κ3) is 5.32. The summed E-state index contributed by atoms with van der Waals surface area (Å²) in [4.78, 5) is 29.0. The van der Waals surface area contributed by atoms with Gasteiger partial charge in [0.15, 0.2) is 12.0 Å². The molecule has 4 rings (SSSR count). The zero-order valence-electron chi connectivity index (χ0n) is 17.4. The van der Waals surface area contributed by atoms with E-state index in [4.69, 9.17) is 20.8 Å². The molecule has 1 unspecified atom stereocenters. The van der Waals surface area contributed by atoms with Gasteiger partial charge >= 0.3 is 5.97 Å². The first-order valence-corrected chi connectivity index (χ1v) is 11.1. The van der Waals surface area contributed by atoms with Gasteiger partial charge in [-0.3, -0.25) is 9.59 Å². The third-order valence-electron chi connectivity index (χ3n) is 5.00. The summed E-state index contributed by atoms with van der Waals surface area (Å²) in [5.74, 6) is -1.54. The highest BCUT2D eigenvalue weighted by molar-refractivity contribution is 9.10. The summed E-state index contributed by atoms with van der Waals surface area (Å²) in [5.41, 5.74) is 3.84. The largest absolute Gasteiger partial charge is 0.468 e. The van der Waals surface area contributed by atoms with Crippen molar-refractivity contribution in [1.29, 1.82) is 0 Å². The van der Waals surface area contributed by atoms with Crippen molar-refractivity contribution in [3.8, 4) is 0 Å². The second kappa shape index (κ2) is 10.0. The van der Waals surface area contributed by atoms with E-state index in [0.717, 1.165) is 10.0 Å². The molecule has 4 aromatic rings. The zero-order valence-corrected chi connectivity index (χ0v) is 19.8. The van der Waals surface area contributed by atoms with Crippen molar-refractivity contribution < 1.29 is 18.7 Å². The predicted octanol–water partition coefficient (Wildman–Crippen LogP) is 6.20. The Morgan fingerprint density at radius 3 is 2.64 bits per heavy atom. The summed E-state index contributed by atoms with van der Waals surface area (Å²) in [7, 11) is 1.32. The molecule has 0 fully saturated rings. The fraction of sp³-hybridized carbons (Fsp3) is 0.0800. The second-order valence-electron chi connectivity index (χ2n) is 7.15. The number of anilines is 1. The van der Waals surface area contributed by atoms with Gasteiger partial charge in [-0.25, -0.2) is 4.98 Å². The zero-order chi connectivity index (χ0) is 23.4. The Labute approximate surface area is 203 Å². The molecule has 3 aromatic carbocycles. The first-order chi connectivity index (χ1) is 15.9. The number of halogens is 2. The molecule has 1 N–H and O–H groups in total. The number of amides is 1. The van der Waals surface area contributed by atoms with Gasteiger partial charge in [0.1, 0.15) is 11.4 Å². The highest BCUT2D eigenvalue weighted by Crippen LogP contribution is 2.34. The van der Waals surface area contributed by atoms with E-state index in [0.29, 0.717) is 32.9 Å². The number of hydrogen-bond acceptors (Lipinski definition) is 5. The first-order valence-electron chi connectivity index (χ1n) is 9.89. The Kier molecular flexibility index (Phi) is 6.91. The molecule has 0 radical (unpaired) electrons.